The molecule has 0 unspecified atom stereocenters. The Hall–Kier alpha value is -3.75. The summed E-state index contributed by atoms with van der Waals surface area (Å²) in [5.74, 6) is 0.522. The number of amides is 1. The van der Waals surface area contributed by atoms with Gasteiger partial charge in [-0.1, -0.05) is 19.1 Å². The molecule has 3 aromatic rings. The summed E-state index contributed by atoms with van der Waals surface area (Å²) in [6.07, 6.45) is 2.59. The molecule has 3 heterocycles. The Balaban J connectivity index is 1.50. The van der Waals surface area contributed by atoms with E-state index in [0.29, 0.717) is 47.8 Å². The predicted molar refractivity (Wildman–Crippen MR) is 131 cm³/mol. The summed E-state index contributed by atoms with van der Waals surface area (Å²) >= 11 is 0. The Kier molecular flexibility index (Phi) is 6.71. The quantitative estimate of drug-likeness (QED) is 0.498. The van der Waals surface area contributed by atoms with Gasteiger partial charge in [-0.25, -0.2) is 13.8 Å². The average molecular weight is 495 g/mol. The van der Waals surface area contributed by atoms with Crippen molar-refractivity contribution in [2.45, 2.75) is 32.7 Å². The van der Waals surface area contributed by atoms with E-state index >= 15 is 0 Å². The van der Waals surface area contributed by atoms with Gasteiger partial charge in [-0.15, -0.1) is 0 Å². The fraction of sp³-hybridized carbons (Fsp3) is 0.370. The van der Waals surface area contributed by atoms with Crippen molar-refractivity contribution in [3.8, 4) is 17.4 Å². The van der Waals surface area contributed by atoms with Crippen molar-refractivity contribution < 1.29 is 23.0 Å². The molecule has 188 valence electrons. The zero-order valence-electron chi connectivity index (χ0n) is 20.3. The van der Waals surface area contributed by atoms with Crippen LogP contribution in [0.3, 0.4) is 0 Å². The molecule has 1 amide bonds. The lowest BCUT2D eigenvalue weighted by molar-refractivity contribution is 0.0727. The molecule has 2 aliphatic rings. The Labute approximate surface area is 208 Å². The third-order valence-electron chi connectivity index (χ3n) is 6.80. The summed E-state index contributed by atoms with van der Waals surface area (Å²) < 4.78 is 39.4. The Morgan fingerprint density at radius 2 is 1.78 bits per heavy atom. The number of halogens is 2. The largest absolute Gasteiger partial charge is 0.493 e. The number of hydrogen-bond donors (Lipinski definition) is 0. The van der Waals surface area contributed by atoms with Crippen LogP contribution >= 0.6 is 0 Å². The van der Waals surface area contributed by atoms with Crippen molar-refractivity contribution in [3.63, 3.8) is 0 Å². The van der Waals surface area contributed by atoms with E-state index in [1.54, 1.807) is 19.2 Å². The number of ether oxygens (including phenoxy) is 2. The summed E-state index contributed by atoms with van der Waals surface area (Å²) in [7, 11) is 1.57. The van der Waals surface area contributed by atoms with E-state index in [-0.39, 0.29) is 12.1 Å². The fourth-order valence-electron chi connectivity index (χ4n) is 4.62. The summed E-state index contributed by atoms with van der Waals surface area (Å²) in [5.41, 5.74) is 1.29. The third kappa shape index (κ3) is 4.82. The van der Waals surface area contributed by atoms with Gasteiger partial charge in [-0.2, -0.15) is 4.98 Å². The van der Waals surface area contributed by atoms with Gasteiger partial charge in [0.1, 0.15) is 11.6 Å². The first kappa shape index (κ1) is 24.0. The summed E-state index contributed by atoms with van der Waals surface area (Å²) in [6, 6.07) is 10.2. The first-order chi connectivity index (χ1) is 17.4. The van der Waals surface area contributed by atoms with Gasteiger partial charge in [-0.3, -0.25) is 4.79 Å². The number of carbonyl (C=O) groups excluding carboxylic acids is 1. The van der Waals surface area contributed by atoms with E-state index < -0.39 is 17.5 Å². The fourth-order valence-corrected chi connectivity index (χ4v) is 4.62. The van der Waals surface area contributed by atoms with Crippen molar-refractivity contribution >= 4 is 11.9 Å². The number of anilines is 1. The highest BCUT2D eigenvalue weighted by Gasteiger charge is 2.30. The lowest BCUT2D eigenvalue weighted by Gasteiger charge is -2.33. The molecule has 5 rings (SSSR count). The zero-order chi connectivity index (χ0) is 25.2. The number of methoxy groups -OCH3 is 1. The number of carbonyl (C=O) groups is 1. The lowest BCUT2D eigenvalue weighted by Crippen LogP contribution is -2.38. The summed E-state index contributed by atoms with van der Waals surface area (Å²) in [6.45, 7) is 4.47. The van der Waals surface area contributed by atoms with E-state index in [1.165, 1.54) is 11.0 Å². The number of aromatic nitrogens is 2. The van der Waals surface area contributed by atoms with E-state index in [2.05, 4.69) is 11.8 Å². The highest BCUT2D eigenvalue weighted by Crippen LogP contribution is 2.36. The minimum atomic E-state index is -0.887. The number of rotatable bonds is 5. The minimum Gasteiger partial charge on any atom is -0.493 e. The van der Waals surface area contributed by atoms with Gasteiger partial charge in [0.25, 0.3) is 5.91 Å². The van der Waals surface area contributed by atoms with Crippen LogP contribution < -0.4 is 14.4 Å². The zero-order valence-corrected chi connectivity index (χ0v) is 20.3. The summed E-state index contributed by atoms with van der Waals surface area (Å²) in [4.78, 5) is 26.4. The van der Waals surface area contributed by atoms with Gasteiger partial charge >= 0.3 is 0 Å². The van der Waals surface area contributed by atoms with Crippen molar-refractivity contribution in [1.82, 2.24) is 14.9 Å². The molecule has 1 aromatic heterocycles. The van der Waals surface area contributed by atoms with E-state index in [1.807, 2.05) is 12.1 Å². The number of benzene rings is 2. The maximum atomic E-state index is 14.3. The van der Waals surface area contributed by atoms with Gasteiger partial charge in [0.05, 0.1) is 30.5 Å². The Bertz CT molecular complexity index is 1280. The normalized spacial score (nSPS) is 16.0. The highest BCUT2D eigenvalue weighted by molar-refractivity contribution is 5.94. The van der Waals surface area contributed by atoms with Gasteiger partial charge in [-0.05, 0) is 43.0 Å². The maximum Gasteiger partial charge on any atom is 0.257 e. The molecule has 1 saturated heterocycles. The molecule has 7 nitrogen and oxygen atoms in total. The standard InChI is InChI=1S/C27H28F2N4O3/c1-17-9-12-32(13-10-17)27-30-22-11-14-33(26(34)19-8-7-18(28)15-21(19)29)16-20(22)25(31-27)36-24-6-4-3-5-23(24)35-2/h3-8,15,17H,9-14,16H2,1-2H3. The van der Waals surface area contributed by atoms with Crippen LogP contribution in [0.4, 0.5) is 14.7 Å². The molecule has 1 fully saturated rings. The maximum absolute atomic E-state index is 14.3. The number of nitrogens with zero attached hydrogens (tertiary/aromatic N) is 4. The van der Waals surface area contributed by atoms with Crippen LogP contribution in [0, 0.1) is 17.6 Å². The summed E-state index contributed by atoms with van der Waals surface area (Å²) in [5, 5.41) is 0. The van der Waals surface area contributed by atoms with Crippen molar-refractivity contribution in [1.29, 1.82) is 0 Å². The predicted octanol–water partition coefficient (Wildman–Crippen LogP) is 4.99. The number of fused-ring (bicyclic) bond motifs is 1. The van der Waals surface area contributed by atoms with E-state index in [4.69, 9.17) is 19.4 Å². The molecular weight excluding hydrogens is 466 g/mol. The van der Waals surface area contributed by atoms with Gasteiger partial charge in [0.15, 0.2) is 11.5 Å². The molecular formula is C27H28F2N4O3. The number of para-hydroxylation sites is 2. The topological polar surface area (TPSA) is 67.8 Å². The molecule has 0 N–H and O–H groups in total. The molecule has 2 aromatic carbocycles. The third-order valence-corrected chi connectivity index (χ3v) is 6.80. The molecule has 36 heavy (non-hydrogen) atoms. The second-order valence-corrected chi connectivity index (χ2v) is 9.28. The van der Waals surface area contributed by atoms with Crippen LogP contribution in [0.5, 0.6) is 17.4 Å². The van der Waals surface area contributed by atoms with Crippen molar-refractivity contribution in [2.24, 2.45) is 5.92 Å². The molecule has 0 spiro atoms. The van der Waals surface area contributed by atoms with Crippen LogP contribution in [0.2, 0.25) is 0 Å². The molecule has 0 atom stereocenters. The average Bonchev–Trinajstić information content (AvgIpc) is 2.89. The monoisotopic (exact) mass is 494 g/mol. The number of piperidine rings is 1. The number of hydrogen-bond acceptors (Lipinski definition) is 6. The Morgan fingerprint density at radius 1 is 1.03 bits per heavy atom. The van der Waals surface area contributed by atoms with Crippen molar-refractivity contribution in [2.75, 3.05) is 31.6 Å². The highest BCUT2D eigenvalue weighted by atomic mass is 19.1. The van der Waals surface area contributed by atoms with E-state index in [0.717, 1.165) is 43.8 Å². The molecule has 0 radical (unpaired) electrons. The molecule has 0 aliphatic carbocycles. The van der Waals surface area contributed by atoms with E-state index in [9.17, 15) is 13.6 Å². The van der Waals surface area contributed by atoms with Crippen LogP contribution in [-0.2, 0) is 13.0 Å². The van der Waals surface area contributed by atoms with Gasteiger partial charge in [0, 0.05) is 32.1 Å². The molecule has 0 saturated carbocycles. The van der Waals surface area contributed by atoms with Crippen LogP contribution in [-0.4, -0.2) is 47.5 Å². The SMILES string of the molecule is COc1ccccc1Oc1nc(N2CCC(C)CC2)nc2c1CN(C(=O)c1ccc(F)cc1F)CC2. The second-order valence-electron chi connectivity index (χ2n) is 9.28. The van der Waals surface area contributed by atoms with Crippen LogP contribution in [0.25, 0.3) is 0 Å². The molecule has 9 heteroatoms. The molecule has 0 bridgehead atoms. The molecule has 2 aliphatic heterocycles. The lowest BCUT2D eigenvalue weighted by atomic mass is 9.99. The van der Waals surface area contributed by atoms with Crippen LogP contribution in [0.15, 0.2) is 42.5 Å². The van der Waals surface area contributed by atoms with Crippen LogP contribution in [0.1, 0.15) is 41.4 Å². The minimum absolute atomic E-state index is 0.146. The van der Waals surface area contributed by atoms with Gasteiger partial charge < -0.3 is 19.3 Å². The first-order valence-corrected chi connectivity index (χ1v) is 12.1. The Morgan fingerprint density at radius 3 is 2.50 bits per heavy atom. The second kappa shape index (κ2) is 10.1. The smallest absolute Gasteiger partial charge is 0.257 e. The first-order valence-electron chi connectivity index (χ1n) is 12.1. The van der Waals surface area contributed by atoms with Crippen molar-refractivity contribution in [3.05, 3.63) is 70.9 Å². The van der Waals surface area contributed by atoms with Gasteiger partial charge in [0.2, 0.25) is 11.8 Å².